The molecule has 0 saturated heterocycles. The molecule has 0 aromatic carbocycles. The second-order valence-electron chi connectivity index (χ2n) is 3.31. The number of aromatic nitrogens is 2. The van der Waals surface area contributed by atoms with Gasteiger partial charge in [0.1, 0.15) is 5.82 Å². The third-order valence-corrected chi connectivity index (χ3v) is 2.68. The van der Waals surface area contributed by atoms with E-state index >= 15 is 0 Å². The topological polar surface area (TPSA) is 37.8 Å². The first-order valence-electron chi connectivity index (χ1n) is 4.29. The molecule has 0 amide bonds. The Labute approximate surface area is 87.7 Å². The molecule has 1 N–H and O–H groups in total. The van der Waals surface area contributed by atoms with Gasteiger partial charge in [0.15, 0.2) is 0 Å². The van der Waals surface area contributed by atoms with Crippen molar-refractivity contribution in [3.8, 4) is 0 Å². The maximum Gasteiger partial charge on any atom is 0.202 e. The summed E-state index contributed by atoms with van der Waals surface area (Å²) >= 11 is 7.06. The van der Waals surface area contributed by atoms with Gasteiger partial charge in [0, 0.05) is 29.4 Å². The van der Waals surface area contributed by atoms with Crippen LogP contribution in [-0.2, 0) is 0 Å². The van der Waals surface area contributed by atoms with Crippen molar-refractivity contribution in [2.75, 3.05) is 11.2 Å². The minimum atomic E-state index is 0.245. The first kappa shape index (κ1) is 10.7. The summed E-state index contributed by atoms with van der Waals surface area (Å²) in [6.45, 7) is 6.18. The van der Waals surface area contributed by atoms with Gasteiger partial charge >= 0.3 is 0 Å². The highest BCUT2D eigenvalue weighted by Gasteiger charge is 2.08. The Hall–Kier alpha value is -0.350. The van der Waals surface area contributed by atoms with Crippen molar-refractivity contribution in [1.29, 1.82) is 0 Å². The maximum absolute atomic E-state index is 5.67. The summed E-state index contributed by atoms with van der Waals surface area (Å²) in [4.78, 5) is 4.34. The van der Waals surface area contributed by atoms with E-state index in [2.05, 4.69) is 28.5 Å². The molecular formula is C8H14ClN3S. The van der Waals surface area contributed by atoms with Crippen LogP contribution in [0.1, 0.15) is 32.5 Å². The van der Waals surface area contributed by atoms with Gasteiger partial charge in [-0.05, 0) is 6.92 Å². The molecule has 1 unspecified atom stereocenters. The van der Waals surface area contributed by atoms with Crippen LogP contribution in [-0.4, -0.2) is 21.3 Å². The fourth-order valence-electron chi connectivity index (χ4n) is 0.777. The molecule has 0 spiro atoms. The third kappa shape index (κ3) is 3.12. The van der Waals surface area contributed by atoms with E-state index < -0.39 is 0 Å². The van der Waals surface area contributed by atoms with Crippen molar-refractivity contribution in [2.24, 2.45) is 0 Å². The van der Waals surface area contributed by atoms with Crippen LogP contribution in [0.4, 0.5) is 5.13 Å². The molecule has 5 heteroatoms. The maximum atomic E-state index is 5.67. The highest BCUT2D eigenvalue weighted by molar-refractivity contribution is 7.09. The summed E-state index contributed by atoms with van der Waals surface area (Å²) < 4.78 is 4.23. The summed E-state index contributed by atoms with van der Waals surface area (Å²) in [5, 5.41) is 4.04. The number of hydrogen-bond donors (Lipinski definition) is 1. The molecular weight excluding hydrogens is 206 g/mol. The van der Waals surface area contributed by atoms with Crippen LogP contribution >= 0.6 is 23.1 Å². The molecule has 0 aliphatic rings. The Morgan fingerprint density at radius 2 is 2.15 bits per heavy atom. The monoisotopic (exact) mass is 219 g/mol. The van der Waals surface area contributed by atoms with Crippen LogP contribution in [0.15, 0.2) is 0 Å². The standard InChI is InChI=1S/C8H14ClN3S/c1-5(2)7-11-8(13-12-7)10-6(3)4-9/h5-6H,4H2,1-3H3,(H,10,11,12). The van der Waals surface area contributed by atoms with Crippen LogP contribution < -0.4 is 5.32 Å². The number of alkyl halides is 1. The zero-order valence-corrected chi connectivity index (χ0v) is 9.61. The van der Waals surface area contributed by atoms with Gasteiger partial charge in [-0.3, -0.25) is 0 Å². The van der Waals surface area contributed by atoms with Gasteiger partial charge in [0.2, 0.25) is 5.13 Å². The predicted molar refractivity (Wildman–Crippen MR) is 57.8 cm³/mol. The first-order chi connectivity index (χ1) is 6.13. The van der Waals surface area contributed by atoms with Crippen LogP contribution in [0.5, 0.6) is 0 Å². The van der Waals surface area contributed by atoms with Gasteiger partial charge in [-0.1, -0.05) is 13.8 Å². The Bertz CT molecular complexity index is 262. The van der Waals surface area contributed by atoms with Crippen molar-refractivity contribution in [3.63, 3.8) is 0 Å². The lowest BCUT2D eigenvalue weighted by Gasteiger charge is -2.06. The highest BCUT2D eigenvalue weighted by Crippen LogP contribution is 2.17. The molecule has 0 radical (unpaired) electrons. The van der Waals surface area contributed by atoms with Crippen molar-refractivity contribution < 1.29 is 0 Å². The number of nitrogens with zero attached hydrogens (tertiary/aromatic N) is 2. The lowest BCUT2D eigenvalue weighted by molar-refractivity contribution is 0.796. The van der Waals surface area contributed by atoms with Gasteiger partial charge in [-0.25, -0.2) is 4.98 Å². The average molecular weight is 220 g/mol. The second kappa shape index (κ2) is 4.77. The number of halogens is 1. The molecule has 3 nitrogen and oxygen atoms in total. The molecule has 1 rings (SSSR count). The van der Waals surface area contributed by atoms with Gasteiger partial charge in [-0.15, -0.1) is 11.6 Å². The average Bonchev–Trinajstić information content (AvgIpc) is 2.52. The van der Waals surface area contributed by atoms with E-state index in [9.17, 15) is 0 Å². The van der Waals surface area contributed by atoms with Crippen LogP contribution in [0.25, 0.3) is 0 Å². The Morgan fingerprint density at radius 3 is 2.62 bits per heavy atom. The summed E-state index contributed by atoms with van der Waals surface area (Å²) in [6, 6.07) is 0.245. The van der Waals surface area contributed by atoms with Gasteiger partial charge in [-0.2, -0.15) is 4.37 Å². The molecule has 74 valence electrons. The Balaban J connectivity index is 2.58. The minimum absolute atomic E-state index is 0.245. The van der Waals surface area contributed by atoms with Crippen molar-refractivity contribution >= 4 is 28.3 Å². The highest BCUT2D eigenvalue weighted by atomic mass is 35.5. The van der Waals surface area contributed by atoms with E-state index in [0.717, 1.165) is 11.0 Å². The normalized spacial score (nSPS) is 13.3. The van der Waals surface area contributed by atoms with Crippen LogP contribution in [0.3, 0.4) is 0 Å². The van der Waals surface area contributed by atoms with E-state index in [-0.39, 0.29) is 6.04 Å². The van der Waals surface area contributed by atoms with Gasteiger partial charge < -0.3 is 5.32 Å². The SMILES string of the molecule is CC(CCl)Nc1nc(C(C)C)ns1. The fraction of sp³-hybridized carbons (Fsp3) is 0.750. The van der Waals surface area contributed by atoms with Crippen LogP contribution in [0.2, 0.25) is 0 Å². The molecule has 0 saturated carbocycles. The molecule has 1 aromatic heterocycles. The quantitative estimate of drug-likeness (QED) is 0.792. The summed E-state index contributed by atoms with van der Waals surface area (Å²) in [5.74, 6) is 1.86. The molecule has 1 aromatic rings. The van der Waals surface area contributed by atoms with E-state index in [1.807, 2.05) is 6.92 Å². The second-order valence-corrected chi connectivity index (χ2v) is 4.37. The van der Waals surface area contributed by atoms with Crippen molar-refractivity contribution in [3.05, 3.63) is 5.82 Å². The van der Waals surface area contributed by atoms with Crippen molar-refractivity contribution in [1.82, 2.24) is 9.36 Å². The number of nitrogens with one attached hydrogen (secondary N) is 1. The number of rotatable bonds is 4. The minimum Gasteiger partial charge on any atom is -0.357 e. The first-order valence-corrected chi connectivity index (χ1v) is 5.60. The zero-order valence-electron chi connectivity index (χ0n) is 8.04. The smallest absolute Gasteiger partial charge is 0.202 e. The largest absolute Gasteiger partial charge is 0.357 e. The zero-order chi connectivity index (χ0) is 9.84. The van der Waals surface area contributed by atoms with E-state index in [1.54, 1.807) is 0 Å². The van der Waals surface area contributed by atoms with Crippen LogP contribution in [0, 0.1) is 0 Å². The summed E-state index contributed by atoms with van der Waals surface area (Å²) in [6.07, 6.45) is 0. The number of hydrogen-bond acceptors (Lipinski definition) is 4. The lowest BCUT2D eigenvalue weighted by atomic mass is 10.2. The summed E-state index contributed by atoms with van der Waals surface area (Å²) in [7, 11) is 0. The summed E-state index contributed by atoms with van der Waals surface area (Å²) in [5.41, 5.74) is 0. The molecule has 13 heavy (non-hydrogen) atoms. The van der Waals surface area contributed by atoms with Crippen molar-refractivity contribution in [2.45, 2.75) is 32.7 Å². The van der Waals surface area contributed by atoms with Gasteiger partial charge in [0.25, 0.3) is 0 Å². The van der Waals surface area contributed by atoms with E-state index in [1.165, 1.54) is 11.5 Å². The molecule has 0 aliphatic carbocycles. The predicted octanol–water partition coefficient (Wildman–Crippen LogP) is 2.70. The molecule has 0 bridgehead atoms. The molecule has 0 fully saturated rings. The van der Waals surface area contributed by atoms with E-state index in [0.29, 0.717) is 11.8 Å². The molecule has 1 heterocycles. The lowest BCUT2D eigenvalue weighted by Crippen LogP contribution is -2.16. The fourth-order valence-corrected chi connectivity index (χ4v) is 1.67. The Morgan fingerprint density at radius 1 is 1.46 bits per heavy atom. The molecule has 1 atom stereocenters. The third-order valence-electron chi connectivity index (χ3n) is 1.56. The van der Waals surface area contributed by atoms with E-state index in [4.69, 9.17) is 11.6 Å². The van der Waals surface area contributed by atoms with Gasteiger partial charge in [0.05, 0.1) is 0 Å². The Kier molecular flexibility index (Phi) is 3.93. The number of anilines is 1. The molecule has 0 aliphatic heterocycles.